The Morgan fingerprint density at radius 3 is 2.97 bits per heavy atom. The predicted molar refractivity (Wildman–Crippen MR) is 113 cm³/mol. The largest absolute Gasteiger partial charge is 0.493 e. The molecule has 4 aliphatic rings. The Labute approximate surface area is 175 Å². The van der Waals surface area contributed by atoms with Crippen molar-refractivity contribution in [1.29, 1.82) is 0 Å². The van der Waals surface area contributed by atoms with Crippen LogP contribution in [-0.2, 0) is 18.3 Å². The van der Waals surface area contributed by atoms with E-state index >= 15 is 0 Å². The smallest absolute Gasteiger partial charge is 0.166 e. The molecule has 1 fully saturated rings. The Balaban J connectivity index is 1.60. The van der Waals surface area contributed by atoms with Gasteiger partial charge in [0.15, 0.2) is 17.6 Å². The van der Waals surface area contributed by atoms with Crippen molar-refractivity contribution in [3.05, 3.63) is 64.3 Å². The van der Waals surface area contributed by atoms with E-state index in [4.69, 9.17) is 14.5 Å². The molecule has 7 rings (SSSR count). The van der Waals surface area contributed by atoms with Gasteiger partial charge in [0.2, 0.25) is 0 Å². The first-order chi connectivity index (χ1) is 14.6. The second-order valence-electron chi connectivity index (χ2n) is 9.28. The molecule has 1 spiro atoms. The lowest BCUT2D eigenvalue weighted by Gasteiger charge is -2.60. The summed E-state index contributed by atoms with van der Waals surface area (Å²) in [5, 5.41) is 17.2. The van der Waals surface area contributed by atoms with Gasteiger partial charge in [-0.05, 0) is 55.1 Å². The molecule has 0 radical (unpaired) electrons. The van der Waals surface area contributed by atoms with Crippen LogP contribution in [0, 0.1) is 6.92 Å². The van der Waals surface area contributed by atoms with Crippen LogP contribution in [0.25, 0.3) is 10.9 Å². The van der Waals surface area contributed by atoms with Gasteiger partial charge in [-0.2, -0.15) is 0 Å². The maximum atomic E-state index is 12.4. The van der Waals surface area contributed by atoms with E-state index in [0.29, 0.717) is 6.42 Å². The van der Waals surface area contributed by atoms with Gasteiger partial charge in [0.1, 0.15) is 0 Å². The Bertz CT molecular complexity index is 1250. The van der Waals surface area contributed by atoms with E-state index in [1.165, 1.54) is 11.1 Å². The quantitative estimate of drug-likeness (QED) is 0.657. The van der Waals surface area contributed by atoms with Crippen LogP contribution in [-0.4, -0.2) is 35.4 Å². The van der Waals surface area contributed by atoms with E-state index in [1.54, 1.807) is 7.11 Å². The summed E-state index contributed by atoms with van der Waals surface area (Å²) in [5.41, 5.74) is 5.33. The molecule has 3 aromatic rings. The van der Waals surface area contributed by atoms with Crippen LogP contribution in [0.3, 0.4) is 0 Å². The van der Waals surface area contributed by atoms with Crippen molar-refractivity contribution in [2.24, 2.45) is 0 Å². The van der Waals surface area contributed by atoms with Crippen molar-refractivity contribution in [1.82, 2.24) is 10.3 Å². The Kier molecular flexibility index (Phi) is 3.04. The molecule has 2 bridgehead atoms. The van der Waals surface area contributed by atoms with Gasteiger partial charge in [0, 0.05) is 23.4 Å². The number of para-hydroxylation sites is 1. The van der Waals surface area contributed by atoms with Crippen molar-refractivity contribution in [2.75, 3.05) is 13.7 Å². The molecule has 1 saturated heterocycles. The fraction of sp³-hybridized carbons (Fsp3) is 0.400. The van der Waals surface area contributed by atoms with Crippen LogP contribution in [0.2, 0.25) is 0 Å². The lowest BCUT2D eigenvalue weighted by molar-refractivity contribution is -0.134. The predicted octanol–water partition coefficient (Wildman–Crippen LogP) is 3.13. The molecule has 3 heterocycles. The number of ether oxygens (including phenoxy) is 2. The van der Waals surface area contributed by atoms with Gasteiger partial charge in [-0.25, -0.2) is 4.98 Å². The van der Waals surface area contributed by atoms with E-state index in [9.17, 15) is 5.11 Å². The highest BCUT2D eigenvalue weighted by molar-refractivity contribution is 5.84. The molecule has 2 N–H and O–H groups in total. The Hall–Kier alpha value is -2.63. The number of hydrogen-bond acceptors (Lipinski definition) is 5. The highest BCUT2D eigenvalue weighted by Gasteiger charge is 2.71. The monoisotopic (exact) mass is 400 g/mol. The summed E-state index contributed by atoms with van der Waals surface area (Å²) < 4.78 is 12.4. The molecule has 2 aromatic carbocycles. The topological polar surface area (TPSA) is 63.6 Å². The fourth-order valence-corrected chi connectivity index (χ4v) is 6.91. The van der Waals surface area contributed by atoms with Crippen molar-refractivity contribution in [3.8, 4) is 11.5 Å². The minimum atomic E-state index is -0.914. The number of nitrogens with zero attached hydrogens (tertiary/aromatic N) is 1. The Morgan fingerprint density at radius 1 is 1.23 bits per heavy atom. The average Bonchev–Trinajstić information content (AvgIpc) is 3.09. The standard InChI is InChI=1S/C25H24N2O3/c1-13-15-5-3-4-6-17(15)27-21-16(13)12-25(28)19-11-14-7-8-18(29-2)22-20(14)24(25,9-10-26-19)23(21)30-22/h3-8,19,23,26,28H,9-12H2,1-2H3/t19-,23?,24+,25?/m1/s1. The molecule has 2 aliphatic carbocycles. The van der Waals surface area contributed by atoms with Crippen LogP contribution in [0.15, 0.2) is 36.4 Å². The number of aryl methyl sites for hydroxylation is 1. The maximum Gasteiger partial charge on any atom is 0.166 e. The first-order valence-corrected chi connectivity index (χ1v) is 10.8. The first kappa shape index (κ1) is 17.1. The van der Waals surface area contributed by atoms with Gasteiger partial charge < -0.3 is 19.9 Å². The van der Waals surface area contributed by atoms with Crippen LogP contribution >= 0.6 is 0 Å². The molecular formula is C25H24N2O3. The highest BCUT2D eigenvalue weighted by atomic mass is 16.5. The van der Waals surface area contributed by atoms with Crippen LogP contribution in [0.1, 0.15) is 40.5 Å². The normalized spacial score (nSPS) is 32.4. The summed E-state index contributed by atoms with van der Waals surface area (Å²) >= 11 is 0. The second kappa shape index (κ2) is 5.34. The Morgan fingerprint density at radius 2 is 2.10 bits per heavy atom. The number of aromatic nitrogens is 1. The molecule has 5 heteroatoms. The molecular weight excluding hydrogens is 376 g/mol. The number of piperidine rings is 1. The zero-order valence-electron chi connectivity index (χ0n) is 17.2. The number of pyridine rings is 1. The van der Waals surface area contributed by atoms with Gasteiger partial charge in [0.25, 0.3) is 0 Å². The van der Waals surface area contributed by atoms with Crippen LogP contribution in [0.4, 0.5) is 0 Å². The highest BCUT2D eigenvalue weighted by Crippen LogP contribution is 2.67. The minimum Gasteiger partial charge on any atom is -0.493 e. The van der Waals surface area contributed by atoms with Crippen molar-refractivity contribution in [2.45, 2.75) is 49.3 Å². The molecule has 152 valence electrons. The summed E-state index contributed by atoms with van der Waals surface area (Å²) in [5.74, 6) is 1.55. The maximum absolute atomic E-state index is 12.4. The summed E-state index contributed by atoms with van der Waals surface area (Å²) in [6.07, 6.45) is 1.92. The zero-order chi connectivity index (χ0) is 20.3. The fourth-order valence-electron chi connectivity index (χ4n) is 6.91. The molecule has 2 aliphatic heterocycles. The van der Waals surface area contributed by atoms with Crippen LogP contribution in [0.5, 0.6) is 11.5 Å². The molecule has 30 heavy (non-hydrogen) atoms. The summed E-state index contributed by atoms with van der Waals surface area (Å²) in [7, 11) is 1.69. The van der Waals surface area contributed by atoms with E-state index in [0.717, 1.165) is 58.6 Å². The zero-order valence-corrected chi connectivity index (χ0v) is 17.2. The number of fused-ring (bicyclic) bond motifs is 3. The van der Waals surface area contributed by atoms with E-state index < -0.39 is 11.0 Å². The third-order valence-electron chi connectivity index (χ3n) is 8.25. The molecule has 4 atom stereocenters. The van der Waals surface area contributed by atoms with Gasteiger partial charge in [-0.1, -0.05) is 24.3 Å². The van der Waals surface area contributed by atoms with Gasteiger partial charge >= 0.3 is 0 Å². The SMILES string of the molecule is COc1ccc2c3c1OC1c4nc5ccccc5c(C)c4CC4(O)[C@@H](C2)NCC[C@]314. The number of rotatable bonds is 1. The third-order valence-corrected chi connectivity index (χ3v) is 8.25. The van der Waals surface area contributed by atoms with E-state index in [-0.39, 0.29) is 12.1 Å². The lowest BCUT2D eigenvalue weighted by Crippen LogP contribution is -2.74. The number of nitrogens with one attached hydrogen (secondary N) is 1. The number of benzene rings is 2. The van der Waals surface area contributed by atoms with Gasteiger partial charge in [-0.3, -0.25) is 0 Å². The average molecular weight is 400 g/mol. The molecule has 2 unspecified atom stereocenters. The summed E-state index contributed by atoms with van der Waals surface area (Å²) in [4.78, 5) is 5.12. The van der Waals surface area contributed by atoms with Crippen molar-refractivity contribution in [3.63, 3.8) is 0 Å². The van der Waals surface area contributed by atoms with Crippen molar-refractivity contribution >= 4 is 10.9 Å². The number of methoxy groups -OCH3 is 1. The summed E-state index contributed by atoms with van der Waals surface area (Å²) in [6, 6.07) is 12.4. The lowest BCUT2D eigenvalue weighted by atomic mass is 9.49. The molecule has 5 nitrogen and oxygen atoms in total. The van der Waals surface area contributed by atoms with E-state index in [2.05, 4.69) is 36.5 Å². The molecule has 0 amide bonds. The first-order valence-electron chi connectivity index (χ1n) is 10.8. The number of hydrogen-bond donors (Lipinski definition) is 2. The molecule has 0 saturated carbocycles. The van der Waals surface area contributed by atoms with Crippen molar-refractivity contribution < 1.29 is 14.6 Å². The number of aliphatic hydroxyl groups is 1. The van der Waals surface area contributed by atoms with E-state index in [1.807, 2.05) is 12.1 Å². The van der Waals surface area contributed by atoms with Gasteiger partial charge in [-0.15, -0.1) is 0 Å². The summed E-state index contributed by atoms with van der Waals surface area (Å²) in [6.45, 7) is 3.02. The van der Waals surface area contributed by atoms with Gasteiger partial charge in [0.05, 0.1) is 29.3 Å². The minimum absolute atomic E-state index is 0.00298. The third kappa shape index (κ3) is 1.69. The van der Waals surface area contributed by atoms with Crippen LogP contribution < -0.4 is 14.8 Å². The molecule has 1 aromatic heterocycles. The second-order valence-corrected chi connectivity index (χ2v) is 9.28.